The van der Waals surface area contributed by atoms with E-state index in [2.05, 4.69) is 10.3 Å². The van der Waals surface area contributed by atoms with E-state index in [1.807, 2.05) is 42.5 Å². The molecule has 0 atom stereocenters. The maximum Gasteiger partial charge on any atom is 0.311 e. The summed E-state index contributed by atoms with van der Waals surface area (Å²) in [5, 5.41) is 15.3. The molecule has 7 nitrogen and oxygen atoms in total. The fourth-order valence-corrected chi connectivity index (χ4v) is 3.44. The van der Waals surface area contributed by atoms with Crippen LogP contribution in [0, 0.1) is 10.1 Å². The minimum Gasteiger partial charge on any atom is -0.379 e. The van der Waals surface area contributed by atoms with Crippen molar-refractivity contribution in [3.63, 3.8) is 0 Å². The fraction of sp³-hybridized carbons (Fsp3) is 0.273. The third-order valence-electron chi connectivity index (χ3n) is 4.91. The van der Waals surface area contributed by atoms with E-state index in [0.717, 1.165) is 48.6 Å². The van der Waals surface area contributed by atoms with E-state index < -0.39 is 10.8 Å². The summed E-state index contributed by atoms with van der Waals surface area (Å²) in [6.45, 7) is 0.646. The van der Waals surface area contributed by atoms with Gasteiger partial charge in [-0.2, -0.15) is 0 Å². The first-order valence-electron chi connectivity index (χ1n) is 9.71. The van der Waals surface area contributed by atoms with Gasteiger partial charge in [0.15, 0.2) is 0 Å². The maximum atomic E-state index is 11.5. The van der Waals surface area contributed by atoms with Gasteiger partial charge in [-0.05, 0) is 37.0 Å². The number of nitro groups is 1. The summed E-state index contributed by atoms with van der Waals surface area (Å²) in [4.78, 5) is 26.6. The van der Waals surface area contributed by atoms with Crippen LogP contribution in [0.2, 0.25) is 0 Å². The van der Waals surface area contributed by atoms with E-state index in [1.165, 1.54) is 6.20 Å². The summed E-state index contributed by atoms with van der Waals surface area (Å²) in [6.07, 6.45) is 5.97. The van der Waals surface area contributed by atoms with E-state index >= 15 is 0 Å². The third kappa shape index (κ3) is 5.07. The molecule has 0 fully saturated rings. The first-order chi connectivity index (χ1) is 14.1. The largest absolute Gasteiger partial charge is 0.379 e. The Morgan fingerprint density at radius 3 is 2.55 bits per heavy atom. The molecule has 0 saturated heterocycles. The lowest BCUT2D eigenvalue weighted by Crippen LogP contribution is -2.13. The van der Waals surface area contributed by atoms with Crippen LogP contribution >= 0.6 is 0 Å². The molecule has 0 radical (unpaired) electrons. The standard InChI is InChI=1S/C22H24N4O3/c23-22(27)17-11-5-4-10-16(17)9-3-1-2-8-14-24-21-18-12-6-7-13-19(18)25-15-20(21)26(28)29/h4-7,10-13,15H,1-3,8-9,14H2,(H2,23,27)(H,24,25). The summed E-state index contributed by atoms with van der Waals surface area (Å²) >= 11 is 0. The van der Waals surface area contributed by atoms with Crippen LogP contribution in [-0.2, 0) is 6.42 Å². The van der Waals surface area contributed by atoms with Crippen molar-refractivity contribution in [3.8, 4) is 0 Å². The lowest BCUT2D eigenvalue weighted by molar-refractivity contribution is -0.384. The number of pyridine rings is 1. The number of nitrogens with one attached hydrogen (secondary N) is 1. The van der Waals surface area contributed by atoms with E-state index in [-0.39, 0.29) is 5.69 Å². The van der Waals surface area contributed by atoms with Crippen LogP contribution < -0.4 is 11.1 Å². The quantitative estimate of drug-likeness (QED) is 0.301. The number of nitrogens with two attached hydrogens (primary N) is 1. The van der Waals surface area contributed by atoms with Crippen LogP contribution in [0.3, 0.4) is 0 Å². The Morgan fingerprint density at radius 1 is 1.03 bits per heavy atom. The average molecular weight is 392 g/mol. The number of aromatic nitrogens is 1. The smallest absolute Gasteiger partial charge is 0.311 e. The summed E-state index contributed by atoms with van der Waals surface area (Å²) < 4.78 is 0. The normalized spacial score (nSPS) is 10.8. The summed E-state index contributed by atoms with van der Waals surface area (Å²) in [5.74, 6) is -0.393. The molecule has 0 aliphatic rings. The highest BCUT2D eigenvalue weighted by Gasteiger charge is 2.17. The van der Waals surface area contributed by atoms with Gasteiger partial charge < -0.3 is 11.1 Å². The van der Waals surface area contributed by atoms with E-state index in [4.69, 9.17) is 5.73 Å². The molecule has 0 spiro atoms. The second-order valence-corrected chi connectivity index (χ2v) is 6.91. The highest BCUT2D eigenvalue weighted by atomic mass is 16.6. The highest BCUT2D eigenvalue weighted by molar-refractivity contribution is 5.95. The van der Waals surface area contributed by atoms with Crippen molar-refractivity contribution in [2.75, 3.05) is 11.9 Å². The van der Waals surface area contributed by atoms with E-state index in [9.17, 15) is 14.9 Å². The van der Waals surface area contributed by atoms with Crippen LogP contribution in [0.4, 0.5) is 11.4 Å². The molecule has 1 amide bonds. The minimum absolute atomic E-state index is 0.00763. The topological polar surface area (TPSA) is 111 Å². The number of unbranched alkanes of at least 4 members (excludes halogenated alkanes) is 3. The number of fused-ring (bicyclic) bond motifs is 1. The molecule has 3 aromatic rings. The number of carbonyl (C=O) groups is 1. The number of para-hydroxylation sites is 1. The van der Waals surface area contributed by atoms with Gasteiger partial charge in [0.05, 0.1) is 10.4 Å². The Morgan fingerprint density at radius 2 is 1.76 bits per heavy atom. The van der Waals surface area contributed by atoms with Crippen LogP contribution in [-0.4, -0.2) is 22.4 Å². The predicted molar refractivity (Wildman–Crippen MR) is 114 cm³/mol. The number of aryl methyl sites for hydroxylation is 1. The fourth-order valence-electron chi connectivity index (χ4n) is 3.44. The van der Waals surface area contributed by atoms with Gasteiger partial charge in [0, 0.05) is 17.5 Å². The Balaban J connectivity index is 1.50. The summed E-state index contributed by atoms with van der Waals surface area (Å²) in [7, 11) is 0. The highest BCUT2D eigenvalue weighted by Crippen LogP contribution is 2.31. The Bertz CT molecular complexity index is 1020. The molecule has 0 aliphatic heterocycles. The molecule has 3 rings (SSSR count). The zero-order valence-electron chi connectivity index (χ0n) is 16.1. The first-order valence-corrected chi connectivity index (χ1v) is 9.71. The average Bonchev–Trinajstić information content (AvgIpc) is 2.73. The van der Waals surface area contributed by atoms with E-state index in [0.29, 0.717) is 17.8 Å². The molecule has 2 aromatic carbocycles. The number of nitrogens with zero attached hydrogens (tertiary/aromatic N) is 2. The molecular formula is C22H24N4O3. The molecule has 1 aromatic heterocycles. The van der Waals surface area contributed by atoms with Crippen molar-refractivity contribution in [1.29, 1.82) is 0 Å². The molecule has 150 valence electrons. The van der Waals surface area contributed by atoms with Gasteiger partial charge in [-0.3, -0.25) is 14.9 Å². The van der Waals surface area contributed by atoms with Crippen LogP contribution in [0.25, 0.3) is 10.9 Å². The molecular weight excluding hydrogens is 368 g/mol. The molecule has 3 N–H and O–H groups in total. The number of anilines is 1. The molecule has 0 saturated carbocycles. The lowest BCUT2D eigenvalue weighted by atomic mass is 10.0. The number of carbonyl (C=O) groups excluding carboxylic acids is 1. The van der Waals surface area contributed by atoms with Crippen LogP contribution in [0.5, 0.6) is 0 Å². The van der Waals surface area contributed by atoms with Gasteiger partial charge in [0.2, 0.25) is 5.91 Å². The van der Waals surface area contributed by atoms with Crippen molar-refractivity contribution in [2.45, 2.75) is 32.1 Å². The molecule has 1 heterocycles. The molecule has 0 bridgehead atoms. The lowest BCUT2D eigenvalue weighted by Gasteiger charge is -2.10. The van der Waals surface area contributed by atoms with Gasteiger partial charge >= 0.3 is 5.69 Å². The number of amides is 1. The third-order valence-corrected chi connectivity index (χ3v) is 4.91. The monoisotopic (exact) mass is 392 g/mol. The number of hydrogen-bond acceptors (Lipinski definition) is 5. The number of hydrogen-bond donors (Lipinski definition) is 2. The molecule has 29 heavy (non-hydrogen) atoms. The van der Waals surface area contributed by atoms with Crippen molar-refractivity contribution in [1.82, 2.24) is 4.98 Å². The second-order valence-electron chi connectivity index (χ2n) is 6.91. The van der Waals surface area contributed by atoms with Crippen molar-refractivity contribution in [3.05, 3.63) is 76.0 Å². The zero-order chi connectivity index (χ0) is 20.6. The van der Waals surface area contributed by atoms with Gasteiger partial charge in [0.1, 0.15) is 11.9 Å². The molecule has 0 aliphatic carbocycles. The van der Waals surface area contributed by atoms with Crippen molar-refractivity contribution in [2.24, 2.45) is 5.73 Å². The Kier molecular flexibility index (Phi) is 6.73. The first kappa shape index (κ1) is 20.3. The second kappa shape index (κ2) is 9.64. The van der Waals surface area contributed by atoms with Gasteiger partial charge in [-0.25, -0.2) is 4.98 Å². The van der Waals surface area contributed by atoms with Crippen LogP contribution in [0.1, 0.15) is 41.6 Å². The minimum atomic E-state index is -0.405. The Hall–Kier alpha value is -3.48. The number of benzene rings is 2. The molecule has 0 unspecified atom stereocenters. The van der Waals surface area contributed by atoms with E-state index in [1.54, 1.807) is 6.07 Å². The number of rotatable bonds is 10. The van der Waals surface area contributed by atoms with Crippen molar-refractivity contribution >= 4 is 28.2 Å². The van der Waals surface area contributed by atoms with Crippen LogP contribution in [0.15, 0.2) is 54.7 Å². The maximum absolute atomic E-state index is 11.5. The van der Waals surface area contributed by atoms with Gasteiger partial charge in [0.25, 0.3) is 0 Å². The zero-order valence-corrected chi connectivity index (χ0v) is 16.1. The van der Waals surface area contributed by atoms with Gasteiger partial charge in [-0.1, -0.05) is 49.2 Å². The molecule has 7 heteroatoms. The SMILES string of the molecule is NC(=O)c1ccccc1CCCCCCNc1c([N+](=O)[O-])cnc2ccccc12. The predicted octanol–water partition coefficient (Wildman–Crippen LogP) is 4.46. The Labute approximate surface area is 169 Å². The summed E-state index contributed by atoms with van der Waals surface area (Å²) in [6, 6.07) is 14.8. The summed E-state index contributed by atoms with van der Waals surface area (Å²) in [5.41, 5.74) is 8.23. The van der Waals surface area contributed by atoms with Crippen molar-refractivity contribution < 1.29 is 9.72 Å². The number of primary amides is 1. The van der Waals surface area contributed by atoms with Gasteiger partial charge in [-0.15, -0.1) is 0 Å².